The van der Waals surface area contributed by atoms with Crippen molar-refractivity contribution in [1.82, 2.24) is 19.5 Å². The molecule has 0 saturated carbocycles. The Kier molecular flexibility index (Phi) is 6.99. The first-order valence-electron chi connectivity index (χ1n) is 11.8. The van der Waals surface area contributed by atoms with Gasteiger partial charge in [0.15, 0.2) is 5.82 Å². The summed E-state index contributed by atoms with van der Waals surface area (Å²) in [6.45, 7) is 6.55. The minimum Gasteiger partial charge on any atom is -0.477 e. The van der Waals surface area contributed by atoms with Crippen LogP contribution in [0.2, 0.25) is 5.02 Å². The topological polar surface area (TPSA) is 118 Å². The molecule has 0 radical (unpaired) electrons. The quantitative estimate of drug-likeness (QED) is 0.534. The van der Waals surface area contributed by atoms with Crippen molar-refractivity contribution >= 4 is 35.0 Å². The van der Waals surface area contributed by atoms with Crippen molar-refractivity contribution in [3.05, 3.63) is 62.7 Å². The Balaban J connectivity index is 1.76. The van der Waals surface area contributed by atoms with Crippen LogP contribution in [0.3, 0.4) is 0 Å². The van der Waals surface area contributed by atoms with Crippen molar-refractivity contribution in [1.29, 1.82) is 0 Å². The monoisotopic (exact) mass is 515 g/mol. The molecular formula is C25H30ClN5O5. The molecule has 4 rings (SSSR count). The van der Waals surface area contributed by atoms with E-state index in [1.807, 2.05) is 43.9 Å². The number of piperidine rings is 1. The maximum atomic E-state index is 13.3. The Hall–Kier alpha value is -3.53. The number of nitrogens with one attached hydrogen (secondary N) is 1. The lowest BCUT2D eigenvalue weighted by Crippen LogP contribution is -2.49. The fraction of sp³-hybridized carbons (Fsp3) is 0.440. The molecule has 3 heterocycles. The summed E-state index contributed by atoms with van der Waals surface area (Å²) in [5, 5.41) is 17.7. The summed E-state index contributed by atoms with van der Waals surface area (Å²) in [7, 11) is 1.43. The summed E-state index contributed by atoms with van der Waals surface area (Å²) >= 11 is 6.44. The van der Waals surface area contributed by atoms with Crippen LogP contribution >= 0.6 is 11.6 Å². The predicted octanol–water partition coefficient (Wildman–Crippen LogP) is 3.47. The number of carbonyl (C=O) groups excluding carboxylic acids is 1. The van der Waals surface area contributed by atoms with E-state index in [0.29, 0.717) is 41.4 Å². The lowest BCUT2D eigenvalue weighted by Gasteiger charge is -2.34. The highest BCUT2D eigenvalue weighted by Gasteiger charge is 2.29. The number of carboxylic acids is 1. The molecule has 1 atom stereocenters. The van der Waals surface area contributed by atoms with E-state index in [0.717, 1.165) is 23.0 Å². The molecule has 0 unspecified atom stereocenters. The second-order valence-corrected chi connectivity index (χ2v) is 10.4. The molecule has 2 N–H and O–H groups in total. The molecule has 1 aliphatic rings. The number of rotatable bonds is 5. The minimum atomic E-state index is -1.22. The maximum absolute atomic E-state index is 13.3. The van der Waals surface area contributed by atoms with Crippen molar-refractivity contribution in [2.24, 2.45) is 7.05 Å². The van der Waals surface area contributed by atoms with Crippen molar-refractivity contribution in [2.75, 3.05) is 18.0 Å². The molecule has 0 bridgehead atoms. The Morgan fingerprint density at radius 3 is 2.67 bits per heavy atom. The highest BCUT2D eigenvalue weighted by atomic mass is 35.5. The summed E-state index contributed by atoms with van der Waals surface area (Å²) in [5.74, 6) is -0.661. The number of carbonyl (C=O) groups is 2. The first kappa shape index (κ1) is 25.6. The Morgan fingerprint density at radius 1 is 1.28 bits per heavy atom. The van der Waals surface area contributed by atoms with Crippen molar-refractivity contribution in [2.45, 2.75) is 51.7 Å². The van der Waals surface area contributed by atoms with E-state index in [9.17, 15) is 19.5 Å². The van der Waals surface area contributed by atoms with E-state index in [-0.39, 0.29) is 11.7 Å². The highest BCUT2D eigenvalue weighted by molar-refractivity contribution is 6.31. The number of halogens is 1. The Morgan fingerprint density at radius 2 is 2.00 bits per heavy atom. The minimum absolute atomic E-state index is 0.172. The number of carboxylic acid groups (broad SMARTS) is 1. The number of hydrogen-bond donors (Lipinski definition) is 2. The third-order valence-electron chi connectivity index (χ3n) is 6.09. The van der Waals surface area contributed by atoms with Gasteiger partial charge in [0.05, 0.1) is 6.20 Å². The smallest absolute Gasteiger partial charge is 0.407 e. The van der Waals surface area contributed by atoms with Gasteiger partial charge >= 0.3 is 12.1 Å². The van der Waals surface area contributed by atoms with Crippen LogP contribution in [-0.2, 0) is 18.2 Å². The first-order valence-corrected chi connectivity index (χ1v) is 12.1. The van der Waals surface area contributed by atoms with Crippen molar-refractivity contribution < 1.29 is 19.4 Å². The molecule has 192 valence electrons. The van der Waals surface area contributed by atoms with Gasteiger partial charge in [-0.1, -0.05) is 29.8 Å². The molecule has 2 aromatic heterocycles. The van der Waals surface area contributed by atoms with Crippen LogP contribution in [-0.4, -0.2) is 56.1 Å². The highest BCUT2D eigenvalue weighted by Crippen LogP contribution is 2.30. The van der Waals surface area contributed by atoms with E-state index in [1.165, 1.54) is 17.8 Å². The van der Waals surface area contributed by atoms with E-state index >= 15 is 0 Å². The SMILES string of the molecule is Cn1c(C(=O)O)cn2nc(N3CCC[C@H](NC(=O)OC(C)(C)C)C3)c(Cc3ccccc3Cl)c2c1=O. The number of aromatic nitrogens is 3. The summed E-state index contributed by atoms with van der Waals surface area (Å²) in [4.78, 5) is 39.4. The van der Waals surface area contributed by atoms with Crippen LogP contribution < -0.4 is 15.8 Å². The summed E-state index contributed by atoms with van der Waals surface area (Å²) in [6, 6.07) is 7.19. The maximum Gasteiger partial charge on any atom is 0.407 e. The summed E-state index contributed by atoms with van der Waals surface area (Å²) in [5.41, 5.74) is 0.521. The molecule has 1 aromatic carbocycles. The number of nitrogens with zero attached hydrogens (tertiary/aromatic N) is 4. The molecule has 0 spiro atoms. The van der Waals surface area contributed by atoms with Crippen LogP contribution in [0, 0.1) is 0 Å². The second kappa shape index (κ2) is 9.85. The molecule has 1 aliphatic heterocycles. The van der Waals surface area contributed by atoms with Crippen LogP contribution in [0.15, 0.2) is 35.3 Å². The van der Waals surface area contributed by atoms with Gasteiger partial charge in [0.25, 0.3) is 5.56 Å². The fourth-order valence-corrected chi connectivity index (χ4v) is 4.66. The van der Waals surface area contributed by atoms with Gasteiger partial charge in [0.1, 0.15) is 16.8 Å². The van der Waals surface area contributed by atoms with Crippen molar-refractivity contribution in [3.63, 3.8) is 0 Å². The van der Waals surface area contributed by atoms with Gasteiger partial charge in [-0.25, -0.2) is 14.1 Å². The van der Waals surface area contributed by atoms with E-state index in [1.54, 1.807) is 6.07 Å². The zero-order valence-corrected chi connectivity index (χ0v) is 21.5. The predicted molar refractivity (Wildman–Crippen MR) is 136 cm³/mol. The van der Waals surface area contributed by atoms with Gasteiger partial charge < -0.3 is 24.6 Å². The summed E-state index contributed by atoms with van der Waals surface area (Å²) < 4.78 is 7.87. The number of ether oxygens (including phenoxy) is 1. The van der Waals surface area contributed by atoms with E-state index < -0.39 is 23.2 Å². The van der Waals surface area contributed by atoms with Crippen LogP contribution in [0.4, 0.5) is 10.6 Å². The number of alkyl carbamates (subject to hydrolysis) is 1. The molecule has 11 heteroatoms. The van der Waals surface area contributed by atoms with Gasteiger partial charge in [-0.3, -0.25) is 4.79 Å². The van der Waals surface area contributed by atoms with Crippen LogP contribution in [0.25, 0.3) is 5.52 Å². The third kappa shape index (κ3) is 5.33. The Labute approximate surface area is 213 Å². The lowest BCUT2D eigenvalue weighted by molar-refractivity contribution is 0.0499. The average molecular weight is 516 g/mol. The molecule has 1 fully saturated rings. The third-order valence-corrected chi connectivity index (χ3v) is 6.46. The number of hydrogen-bond acceptors (Lipinski definition) is 6. The largest absolute Gasteiger partial charge is 0.477 e. The number of benzene rings is 1. The fourth-order valence-electron chi connectivity index (χ4n) is 4.46. The second-order valence-electron chi connectivity index (χ2n) is 9.98. The molecule has 10 nitrogen and oxygen atoms in total. The number of amides is 1. The zero-order chi connectivity index (χ0) is 26.2. The van der Waals surface area contributed by atoms with Crippen LogP contribution in [0.5, 0.6) is 0 Å². The molecule has 1 amide bonds. The number of anilines is 1. The standard InChI is InChI=1S/C25H30ClN5O5/c1-25(2,3)36-24(35)27-16-9-7-11-30(13-16)21-17(12-15-8-5-6-10-18(15)26)20-22(32)29(4)19(23(33)34)14-31(20)28-21/h5-6,8,10,14,16H,7,9,11-13H2,1-4H3,(H,27,35)(H,33,34)/t16-/m0/s1. The molecular weight excluding hydrogens is 486 g/mol. The van der Waals surface area contributed by atoms with Gasteiger partial charge in [0.2, 0.25) is 0 Å². The first-order chi connectivity index (χ1) is 16.9. The van der Waals surface area contributed by atoms with Gasteiger partial charge in [-0.15, -0.1) is 5.10 Å². The summed E-state index contributed by atoms with van der Waals surface area (Å²) in [6.07, 6.45) is 2.76. The average Bonchev–Trinajstić information content (AvgIpc) is 3.15. The Bertz CT molecular complexity index is 1370. The van der Waals surface area contributed by atoms with Crippen molar-refractivity contribution in [3.8, 4) is 0 Å². The van der Waals surface area contributed by atoms with E-state index in [2.05, 4.69) is 10.4 Å². The van der Waals surface area contributed by atoms with Gasteiger partial charge in [-0.2, -0.15) is 0 Å². The molecule has 3 aromatic rings. The normalized spacial score (nSPS) is 16.2. The van der Waals surface area contributed by atoms with Gasteiger partial charge in [-0.05, 0) is 45.2 Å². The zero-order valence-electron chi connectivity index (χ0n) is 20.7. The van der Waals surface area contributed by atoms with E-state index in [4.69, 9.17) is 16.3 Å². The van der Waals surface area contributed by atoms with Crippen LogP contribution in [0.1, 0.15) is 55.2 Å². The van der Waals surface area contributed by atoms with Gasteiger partial charge in [0, 0.05) is 43.2 Å². The number of aromatic carboxylic acids is 1. The molecule has 0 aliphatic carbocycles. The number of fused-ring (bicyclic) bond motifs is 1. The molecule has 36 heavy (non-hydrogen) atoms. The lowest BCUT2D eigenvalue weighted by atomic mass is 10.0. The molecule has 1 saturated heterocycles.